The Kier molecular flexibility index (Phi) is 4.04. The highest BCUT2D eigenvalue weighted by atomic mass is 16.7. The van der Waals surface area contributed by atoms with Crippen LogP contribution in [0.2, 0.25) is 0 Å². The van der Waals surface area contributed by atoms with E-state index in [2.05, 4.69) is 23.4 Å². The SMILES string of the molecule is Cc1ccccc1-n1ncc(C(=O)NCc2ccc3c(c2)OCO3)c1C1CC1. The Morgan fingerprint density at radius 2 is 2.00 bits per heavy atom. The molecule has 3 aromatic rings. The lowest BCUT2D eigenvalue weighted by atomic mass is 10.1. The fraction of sp³-hybridized carbons (Fsp3) is 0.273. The molecule has 1 amide bonds. The first kappa shape index (κ1) is 16.9. The van der Waals surface area contributed by atoms with Crippen LogP contribution in [0.15, 0.2) is 48.7 Å². The van der Waals surface area contributed by atoms with Crippen molar-refractivity contribution in [3.63, 3.8) is 0 Å². The van der Waals surface area contributed by atoms with Crippen molar-refractivity contribution in [1.82, 2.24) is 15.1 Å². The third-order valence-electron chi connectivity index (χ3n) is 5.25. The maximum absolute atomic E-state index is 12.9. The Morgan fingerprint density at radius 3 is 2.82 bits per heavy atom. The first-order valence-corrected chi connectivity index (χ1v) is 9.51. The van der Waals surface area contributed by atoms with Gasteiger partial charge < -0.3 is 14.8 Å². The number of rotatable bonds is 5. The average Bonchev–Trinajstić information content (AvgIpc) is 3.27. The minimum absolute atomic E-state index is 0.0978. The van der Waals surface area contributed by atoms with Crippen molar-refractivity contribution in [2.24, 2.45) is 0 Å². The number of ether oxygens (including phenoxy) is 2. The lowest BCUT2D eigenvalue weighted by Crippen LogP contribution is -2.23. The van der Waals surface area contributed by atoms with Gasteiger partial charge in [0.05, 0.1) is 23.1 Å². The molecule has 1 aliphatic carbocycles. The number of carbonyl (C=O) groups is 1. The number of aryl methyl sites for hydroxylation is 1. The summed E-state index contributed by atoms with van der Waals surface area (Å²) in [7, 11) is 0. The summed E-state index contributed by atoms with van der Waals surface area (Å²) in [5, 5.41) is 7.57. The number of benzene rings is 2. The van der Waals surface area contributed by atoms with Gasteiger partial charge in [-0.2, -0.15) is 5.10 Å². The Labute approximate surface area is 163 Å². The molecule has 1 aromatic heterocycles. The molecule has 28 heavy (non-hydrogen) atoms. The predicted octanol–water partition coefficient (Wildman–Crippen LogP) is 3.72. The molecule has 0 bridgehead atoms. The molecule has 1 aliphatic heterocycles. The van der Waals surface area contributed by atoms with Crippen LogP contribution >= 0.6 is 0 Å². The topological polar surface area (TPSA) is 65.4 Å². The molecule has 6 nitrogen and oxygen atoms in total. The van der Waals surface area contributed by atoms with E-state index in [4.69, 9.17) is 9.47 Å². The molecular weight excluding hydrogens is 354 g/mol. The number of nitrogens with one attached hydrogen (secondary N) is 1. The second-order valence-electron chi connectivity index (χ2n) is 7.29. The van der Waals surface area contributed by atoms with Crippen LogP contribution in [-0.2, 0) is 6.54 Å². The highest BCUT2D eigenvalue weighted by Gasteiger charge is 2.33. The third-order valence-corrected chi connectivity index (χ3v) is 5.25. The summed E-state index contributed by atoms with van der Waals surface area (Å²) in [6.07, 6.45) is 3.88. The Hall–Kier alpha value is -3.28. The highest BCUT2D eigenvalue weighted by molar-refractivity contribution is 5.95. The summed E-state index contributed by atoms with van der Waals surface area (Å²) in [4.78, 5) is 12.9. The quantitative estimate of drug-likeness (QED) is 0.738. The fourth-order valence-electron chi connectivity index (χ4n) is 3.60. The molecule has 142 valence electrons. The van der Waals surface area contributed by atoms with Crippen LogP contribution in [-0.4, -0.2) is 22.5 Å². The average molecular weight is 375 g/mol. The van der Waals surface area contributed by atoms with Crippen molar-refractivity contribution in [2.75, 3.05) is 6.79 Å². The first-order chi connectivity index (χ1) is 13.7. The van der Waals surface area contributed by atoms with Gasteiger partial charge in [-0.15, -0.1) is 0 Å². The van der Waals surface area contributed by atoms with E-state index in [1.807, 2.05) is 41.1 Å². The maximum atomic E-state index is 12.9. The zero-order valence-corrected chi connectivity index (χ0v) is 15.6. The van der Waals surface area contributed by atoms with E-state index < -0.39 is 0 Å². The van der Waals surface area contributed by atoms with Gasteiger partial charge in [-0.05, 0) is 49.1 Å². The van der Waals surface area contributed by atoms with E-state index in [1.54, 1.807) is 6.20 Å². The van der Waals surface area contributed by atoms with Gasteiger partial charge in [0.25, 0.3) is 5.91 Å². The van der Waals surface area contributed by atoms with Crippen LogP contribution in [0.1, 0.15) is 45.9 Å². The van der Waals surface area contributed by atoms with Crippen LogP contribution in [0.25, 0.3) is 5.69 Å². The van der Waals surface area contributed by atoms with E-state index in [0.717, 1.165) is 46.8 Å². The normalized spacial score (nSPS) is 14.9. The Morgan fingerprint density at radius 1 is 1.18 bits per heavy atom. The number of para-hydroxylation sites is 1. The Balaban J connectivity index is 1.39. The molecule has 1 fully saturated rings. The van der Waals surface area contributed by atoms with Gasteiger partial charge in [0.15, 0.2) is 11.5 Å². The zero-order chi connectivity index (χ0) is 19.1. The molecule has 1 saturated carbocycles. The van der Waals surface area contributed by atoms with Crippen molar-refractivity contribution >= 4 is 5.91 Å². The van der Waals surface area contributed by atoms with Crippen LogP contribution in [0.4, 0.5) is 0 Å². The van der Waals surface area contributed by atoms with Gasteiger partial charge >= 0.3 is 0 Å². The van der Waals surface area contributed by atoms with Gasteiger partial charge in [-0.3, -0.25) is 4.79 Å². The van der Waals surface area contributed by atoms with Gasteiger partial charge in [-0.1, -0.05) is 24.3 Å². The standard InChI is InChI=1S/C22H21N3O3/c1-14-4-2-3-5-18(14)25-21(16-7-8-16)17(12-24-25)22(26)23-11-15-6-9-19-20(10-15)28-13-27-19/h2-6,9-10,12,16H,7-8,11,13H2,1H3,(H,23,26). The van der Waals surface area contributed by atoms with E-state index in [9.17, 15) is 4.79 Å². The minimum atomic E-state index is -0.0978. The second-order valence-corrected chi connectivity index (χ2v) is 7.29. The molecule has 0 saturated heterocycles. The van der Waals surface area contributed by atoms with Crippen molar-refractivity contribution in [3.8, 4) is 17.2 Å². The lowest BCUT2D eigenvalue weighted by molar-refractivity contribution is 0.0949. The maximum Gasteiger partial charge on any atom is 0.255 e. The summed E-state index contributed by atoms with van der Waals surface area (Å²) in [6, 6.07) is 13.8. The third kappa shape index (κ3) is 3.01. The number of hydrogen-bond donors (Lipinski definition) is 1. The van der Waals surface area contributed by atoms with Crippen LogP contribution in [0.3, 0.4) is 0 Å². The second kappa shape index (κ2) is 6.71. The highest BCUT2D eigenvalue weighted by Crippen LogP contribution is 2.42. The predicted molar refractivity (Wildman–Crippen MR) is 104 cm³/mol. The molecule has 2 heterocycles. The lowest BCUT2D eigenvalue weighted by Gasteiger charge is -2.11. The number of nitrogens with zero attached hydrogens (tertiary/aromatic N) is 2. The van der Waals surface area contributed by atoms with E-state index in [1.165, 1.54) is 0 Å². The number of fused-ring (bicyclic) bond motifs is 1. The zero-order valence-electron chi connectivity index (χ0n) is 15.6. The summed E-state index contributed by atoms with van der Waals surface area (Å²) in [5.41, 5.74) is 4.81. The van der Waals surface area contributed by atoms with E-state index in [0.29, 0.717) is 18.0 Å². The summed E-state index contributed by atoms with van der Waals surface area (Å²) in [6.45, 7) is 2.73. The number of hydrogen-bond acceptors (Lipinski definition) is 4. The number of amides is 1. The monoisotopic (exact) mass is 375 g/mol. The van der Waals surface area contributed by atoms with Crippen LogP contribution in [0.5, 0.6) is 11.5 Å². The summed E-state index contributed by atoms with van der Waals surface area (Å²) in [5.74, 6) is 1.76. The molecule has 2 aromatic carbocycles. The van der Waals surface area contributed by atoms with Crippen molar-refractivity contribution in [1.29, 1.82) is 0 Å². The van der Waals surface area contributed by atoms with Gasteiger partial charge in [0, 0.05) is 12.5 Å². The number of carbonyl (C=O) groups excluding carboxylic acids is 1. The van der Waals surface area contributed by atoms with Crippen LogP contribution < -0.4 is 14.8 Å². The molecule has 5 rings (SSSR count). The van der Waals surface area contributed by atoms with Crippen molar-refractivity contribution < 1.29 is 14.3 Å². The van der Waals surface area contributed by atoms with Gasteiger partial charge in [0.2, 0.25) is 6.79 Å². The van der Waals surface area contributed by atoms with Crippen molar-refractivity contribution in [2.45, 2.75) is 32.2 Å². The minimum Gasteiger partial charge on any atom is -0.454 e. The Bertz CT molecular complexity index is 1050. The molecule has 0 radical (unpaired) electrons. The molecule has 0 spiro atoms. The van der Waals surface area contributed by atoms with E-state index >= 15 is 0 Å². The molecule has 0 atom stereocenters. The molecule has 1 N–H and O–H groups in total. The van der Waals surface area contributed by atoms with Crippen LogP contribution in [0, 0.1) is 6.92 Å². The first-order valence-electron chi connectivity index (χ1n) is 9.51. The van der Waals surface area contributed by atoms with Gasteiger partial charge in [0.1, 0.15) is 0 Å². The smallest absolute Gasteiger partial charge is 0.255 e. The summed E-state index contributed by atoms with van der Waals surface area (Å²) < 4.78 is 12.7. The van der Waals surface area contributed by atoms with Gasteiger partial charge in [-0.25, -0.2) is 4.68 Å². The van der Waals surface area contributed by atoms with Crippen molar-refractivity contribution in [3.05, 3.63) is 71.0 Å². The molecular formula is C22H21N3O3. The largest absolute Gasteiger partial charge is 0.454 e. The molecule has 6 heteroatoms. The number of aromatic nitrogens is 2. The molecule has 0 unspecified atom stereocenters. The summed E-state index contributed by atoms with van der Waals surface area (Å²) >= 11 is 0. The fourth-order valence-corrected chi connectivity index (χ4v) is 3.60. The van der Waals surface area contributed by atoms with E-state index in [-0.39, 0.29) is 12.7 Å². The molecule has 2 aliphatic rings.